The van der Waals surface area contributed by atoms with Gasteiger partial charge >= 0.3 is 0 Å². The second-order valence-corrected chi connectivity index (χ2v) is 7.40. The predicted molar refractivity (Wildman–Crippen MR) is 87.3 cm³/mol. The Kier molecular flexibility index (Phi) is 4.19. The highest BCUT2D eigenvalue weighted by atomic mass is 31.1. The second kappa shape index (κ2) is 6.09. The van der Waals surface area contributed by atoms with E-state index in [0.717, 1.165) is 18.1 Å². The molecule has 0 bridgehead atoms. The van der Waals surface area contributed by atoms with Crippen LogP contribution in [0.1, 0.15) is 28.4 Å². The molecule has 1 aliphatic rings. The quantitative estimate of drug-likeness (QED) is 0.799. The smallest absolute Gasteiger partial charge is 0.166 e. The van der Waals surface area contributed by atoms with Crippen molar-refractivity contribution in [3.05, 3.63) is 65.2 Å². The monoisotopic (exact) mass is 298 g/mol. The minimum Gasteiger partial charge on any atom is -0.357 e. The van der Waals surface area contributed by atoms with Crippen LogP contribution in [0.3, 0.4) is 0 Å². The maximum absolute atomic E-state index is 12.2. The highest BCUT2D eigenvalue weighted by molar-refractivity contribution is 7.60. The van der Waals surface area contributed by atoms with E-state index >= 15 is 0 Å². The van der Waals surface area contributed by atoms with E-state index in [1.165, 1.54) is 16.4 Å². The molecule has 0 saturated carbocycles. The van der Waals surface area contributed by atoms with Crippen molar-refractivity contribution in [3.63, 3.8) is 0 Å². The summed E-state index contributed by atoms with van der Waals surface area (Å²) >= 11 is 0. The van der Waals surface area contributed by atoms with Crippen molar-refractivity contribution in [2.75, 3.05) is 7.11 Å². The third kappa shape index (κ3) is 2.79. The number of hydrogen-bond donors (Lipinski definition) is 0. The molecule has 2 nitrogen and oxygen atoms in total. The van der Waals surface area contributed by atoms with Crippen LogP contribution in [-0.2, 0) is 17.1 Å². The van der Waals surface area contributed by atoms with Crippen LogP contribution in [0.15, 0.2) is 48.5 Å². The van der Waals surface area contributed by atoms with Gasteiger partial charge in [0, 0.05) is 30.1 Å². The van der Waals surface area contributed by atoms with Gasteiger partial charge in [-0.25, -0.2) is 0 Å². The molecule has 2 unspecified atom stereocenters. The summed E-state index contributed by atoms with van der Waals surface area (Å²) in [5.74, 6) is 0.379. The third-order valence-corrected chi connectivity index (χ3v) is 6.08. The van der Waals surface area contributed by atoms with Gasteiger partial charge in [-0.15, -0.1) is 0 Å². The SMILES string of the molecule is COP(Cc1ccccc1)c1cccc2c1CC(C)C2=O. The summed E-state index contributed by atoms with van der Waals surface area (Å²) in [6.07, 6.45) is 1.74. The van der Waals surface area contributed by atoms with E-state index in [9.17, 15) is 4.79 Å². The van der Waals surface area contributed by atoms with Crippen molar-refractivity contribution in [2.24, 2.45) is 5.92 Å². The molecular formula is C18H19O2P. The van der Waals surface area contributed by atoms with Gasteiger partial charge in [-0.05, 0) is 17.5 Å². The summed E-state index contributed by atoms with van der Waals surface area (Å²) < 4.78 is 5.79. The second-order valence-electron chi connectivity index (χ2n) is 5.48. The number of carbonyl (C=O) groups is 1. The molecule has 1 aliphatic carbocycles. The number of Topliss-reactive ketones (excluding diaryl/α,β-unsaturated/α-hetero) is 1. The molecule has 3 rings (SSSR count). The zero-order valence-electron chi connectivity index (χ0n) is 12.4. The van der Waals surface area contributed by atoms with Gasteiger partial charge in [-0.1, -0.05) is 55.5 Å². The number of benzene rings is 2. The molecule has 0 radical (unpaired) electrons. The predicted octanol–water partition coefficient (Wildman–Crippen LogP) is 3.93. The standard InChI is InChI=1S/C18H19O2P/c1-13-11-16-15(18(13)19)9-6-10-17(16)21(20-2)12-14-7-4-3-5-8-14/h3-10,13H,11-12H2,1-2H3. The summed E-state index contributed by atoms with van der Waals surface area (Å²) in [6.45, 7) is 2.01. The Morgan fingerprint density at radius 1 is 1.14 bits per heavy atom. The minimum atomic E-state index is -0.723. The van der Waals surface area contributed by atoms with Crippen LogP contribution in [0.4, 0.5) is 0 Å². The molecule has 2 aromatic carbocycles. The number of ketones is 1. The van der Waals surface area contributed by atoms with Gasteiger partial charge in [-0.3, -0.25) is 4.79 Å². The van der Waals surface area contributed by atoms with Crippen LogP contribution in [0.25, 0.3) is 0 Å². The molecule has 0 N–H and O–H groups in total. The topological polar surface area (TPSA) is 26.3 Å². The van der Waals surface area contributed by atoms with E-state index in [0.29, 0.717) is 0 Å². The minimum absolute atomic E-state index is 0.103. The first-order valence-corrected chi connectivity index (χ1v) is 8.67. The first-order valence-electron chi connectivity index (χ1n) is 7.22. The molecule has 2 aromatic rings. The molecule has 108 valence electrons. The van der Waals surface area contributed by atoms with Gasteiger partial charge in [0.25, 0.3) is 0 Å². The molecule has 0 aromatic heterocycles. The molecule has 21 heavy (non-hydrogen) atoms. The molecule has 0 aliphatic heterocycles. The Balaban J connectivity index is 1.94. The zero-order chi connectivity index (χ0) is 14.8. The third-order valence-electron chi connectivity index (χ3n) is 4.03. The van der Waals surface area contributed by atoms with Gasteiger partial charge < -0.3 is 4.52 Å². The van der Waals surface area contributed by atoms with Crippen LogP contribution in [0, 0.1) is 5.92 Å². The number of rotatable bonds is 4. The Morgan fingerprint density at radius 3 is 2.62 bits per heavy atom. The molecule has 2 atom stereocenters. The van der Waals surface area contributed by atoms with Crippen molar-refractivity contribution in [3.8, 4) is 0 Å². The lowest BCUT2D eigenvalue weighted by atomic mass is 10.1. The van der Waals surface area contributed by atoms with E-state index in [4.69, 9.17) is 4.52 Å². The van der Waals surface area contributed by atoms with Crippen molar-refractivity contribution in [1.82, 2.24) is 0 Å². The van der Waals surface area contributed by atoms with E-state index in [2.05, 4.69) is 30.3 Å². The summed E-state index contributed by atoms with van der Waals surface area (Å²) in [5.41, 5.74) is 3.39. The first-order chi connectivity index (χ1) is 10.2. The Labute approximate surface area is 127 Å². The summed E-state index contributed by atoms with van der Waals surface area (Å²) in [4.78, 5) is 12.2. The van der Waals surface area contributed by atoms with Crippen LogP contribution in [0.5, 0.6) is 0 Å². The van der Waals surface area contributed by atoms with Crippen LogP contribution >= 0.6 is 8.15 Å². The Hall–Kier alpha value is -1.50. The van der Waals surface area contributed by atoms with Crippen LogP contribution in [-0.4, -0.2) is 12.9 Å². The maximum atomic E-state index is 12.2. The first kappa shape index (κ1) is 14.4. The van der Waals surface area contributed by atoms with Gasteiger partial charge in [0.05, 0.1) is 8.15 Å². The van der Waals surface area contributed by atoms with Crippen molar-refractivity contribution in [1.29, 1.82) is 0 Å². The van der Waals surface area contributed by atoms with E-state index < -0.39 is 8.15 Å². The van der Waals surface area contributed by atoms with Crippen molar-refractivity contribution in [2.45, 2.75) is 19.5 Å². The van der Waals surface area contributed by atoms with Gasteiger partial charge in [0.2, 0.25) is 0 Å². The highest BCUT2D eigenvalue weighted by Gasteiger charge is 2.30. The van der Waals surface area contributed by atoms with Gasteiger partial charge in [-0.2, -0.15) is 0 Å². The number of fused-ring (bicyclic) bond motifs is 1. The summed E-state index contributed by atoms with van der Waals surface area (Å²) in [5, 5.41) is 1.23. The fourth-order valence-corrected chi connectivity index (χ4v) is 4.72. The number of hydrogen-bond acceptors (Lipinski definition) is 2. The average Bonchev–Trinajstić information content (AvgIpc) is 2.81. The highest BCUT2D eigenvalue weighted by Crippen LogP contribution is 2.42. The van der Waals surface area contributed by atoms with E-state index in [-0.39, 0.29) is 11.7 Å². The fraction of sp³-hybridized carbons (Fsp3) is 0.278. The summed E-state index contributed by atoms with van der Waals surface area (Å²) in [7, 11) is 1.05. The Bertz CT molecular complexity index is 652. The molecule has 0 spiro atoms. The summed E-state index contributed by atoms with van der Waals surface area (Å²) in [6, 6.07) is 16.5. The molecule has 0 heterocycles. The average molecular weight is 298 g/mol. The fourth-order valence-electron chi connectivity index (χ4n) is 2.92. The van der Waals surface area contributed by atoms with Crippen molar-refractivity contribution < 1.29 is 9.32 Å². The van der Waals surface area contributed by atoms with Gasteiger partial charge in [0.1, 0.15) is 0 Å². The normalized spacial score (nSPS) is 18.6. The number of carbonyl (C=O) groups excluding carboxylic acids is 1. The lowest BCUT2D eigenvalue weighted by Crippen LogP contribution is -2.11. The lowest BCUT2D eigenvalue weighted by Gasteiger charge is -2.18. The van der Waals surface area contributed by atoms with Crippen LogP contribution in [0.2, 0.25) is 0 Å². The molecular weight excluding hydrogens is 279 g/mol. The molecule has 0 saturated heterocycles. The van der Waals surface area contributed by atoms with E-state index in [1.54, 1.807) is 7.11 Å². The van der Waals surface area contributed by atoms with Crippen LogP contribution < -0.4 is 5.30 Å². The lowest BCUT2D eigenvalue weighted by molar-refractivity contribution is 0.0946. The molecule has 0 fully saturated rings. The van der Waals surface area contributed by atoms with Gasteiger partial charge in [0.15, 0.2) is 5.78 Å². The van der Waals surface area contributed by atoms with Crippen molar-refractivity contribution >= 4 is 19.2 Å². The molecule has 3 heteroatoms. The maximum Gasteiger partial charge on any atom is 0.166 e. The largest absolute Gasteiger partial charge is 0.357 e. The zero-order valence-corrected chi connectivity index (χ0v) is 13.3. The molecule has 0 amide bonds. The Morgan fingerprint density at radius 2 is 1.90 bits per heavy atom. The van der Waals surface area contributed by atoms with E-state index in [1.807, 2.05) is 25.1 Å².